The summed E-state index contributed by atoms with van der Waals surface area (Å²) in [5.41, 5.74) is 3.75. The van der Waals surface area contributed by atoms with Crippen LogP contribution < -0.4 is 10.7 Å². The predicted molar refractivity (Wildman–Crippen MR) is 98.1 cm³/mol. The van der Waals surface area contributed by atoms with Crippen molar-refractivity contribution in [3.05, 3.63) is 69.8 Å². The van der Waals surface area contributed by atoms with Gasteiger partial charge in [0.05, 0.1) is 11.1 Å². The number of carbonyl (C=O) groups excluding carboxylic acids is 2. The van der Waals surface area contributed by atoms with Gasteiger partial charge in [-0.3, -0.25) is 19.7 Å². The predicted octanol–water partition coefficient (Wildman–Crippen LogP) is 2.95. The van der Waals surface area contributed by atoms with Gasteiger partial charge in [-0.2, -0.15) is 5.10 Å². The first-order chi connectivity index (χ1) is 12.4. The summed E-state index contributed by atoms with van der Waals surface area (Å²) in [6.45, 7) is 3.58. The maximum atomic E-state index is 12.0. The van der Waals surface area contributed by atoms with Crippen LogP contribution in [0, 0.1) is 16.0 Å². The van der Waals surface area contributed by atoms with Gasteiger partial charge in [0.15, 0.2) is 0 Å². The Labute approximate surface area is 150 Å². The molecule has 134 valence electrons. The van der Waals surface area contributed by atoms with E-state index in [1.165, 1.54) is 24.4 Å². The van der Waals surface area contributed by atoms with Gasteiger partial charge in [-0.05, 0) is 24.3 Å². The largest absolute Gasteiger partial charge is 0.326 e. The number of benzene rings is 2. The zero-order valence-corrected chi connectivity index (χ0v) is 14.3. The third-order valence-corrected chi connectivity index (χ3v) is 3.40. The van der Waals surface area contributed by atoms with Crippen LogP contribution in [0.2, 0.25) is 0 Å². The maximum Gasteiger partial charge on any atom is 0.271 e. The van der Waals surface area contributed by atoms with Gasteiger partial charge >= 0.3 is 0 Å². The number of nitrogens with zero attached hydrogens (tertiary/aromatic N) is 2. The van der Waals surface area contributed by atoms with E-state index >= 15 is 0 Å². The Kier molecular flexibility index (Phi) is 6.15. The molecule has 2 aromatic rings. The van der Waals surface area contributed by atoms with Crippen LogP contribution in [0.1, 0.15) is 29.8 Å². The fourth-order valence-corrected chi connectivity index (χ4v) is 1.94. The van der Waals surface area contributed by atoms with Gasteiger partial charge in [-0.1, -0.05) is 26.0 Å². The SMILES string of the molecule is CC(C)C(=O)Nc1ccc(C(=O)N/N=C/c2cccc([N+](=O)[O-])c2)cc1. The van der Waals surface area contributed by atoms with Gasteiger partial charge in [0.25, 0.3) is 11.6 Å². The standard InChI is InChI=1S/C18H18N4O4/c1-12(2)17(23)20-15-8-6-14(7-9-15)18(24)21-19-11-13-4-3-5-16(10-13)22(25)26/h3-12H,1-2H3,(H,20,23)(H,21,24)/b19-11+. The van der Waals surface area contributed by atoms with Crippen LogP contribution in [0.25, 0.3) is 0 Å². The lowest BCUT2D eigenvalue weighted by Gasteiger charge is -2.08. The van der Waals surface area contributed by atoms with Crippen molar-refractivity contribution in [3.8, 4) is 0 Å². The molecule has 2 aromatic carbocycles. The fraction of sp³-hybridized carbons (Fsp3) is 0.167. The molecule has 2 amide bonds. The van der Waals surface area contributed by atoms with E-state index in [-0.39, 0.29) is 17.5 Å². The Balaban J connectivity index is 1.96. The number of hydrogen-bond donors (Lipinski definition) is 2. The molecule has 0 radical (unpaired) electrons. The van der Waals surface area contributed by atoms with E-state index in [2.05, 4.69) is 15.8 Å². The average Bonchev–Trinajstić information content (AvgIpc) is 2.62. The smallest absolute Gasteiger partial charge is 0.271 e. The van der Waals surface area contributed by atoms with Crippen LogP contribution in [0.5, 0.6) is 0 Å². The molecule has 0 saturated carbocycles. The third kappa shape index (κ3) is 5.23. The highest BCUT2D eigenvalue weighted by atomic mass is 16.6. The molecule has 26 heavy (non-hydrogen) atoms. The van der Waals surface area contributed by atoms with Crippen molar-refractivity contribution in [1.29, 1.82) is 0 Å². The molecule has 8 nitrogen and oxygen atoms in total. The first kappa shape index (κ1) is 18.8. The Morgan fingerprint density at radius 2 is 1.85 bits per heavy atom. The first-order valence-electron chi connectivity index (χ1n) is 7.85. The lowest BCUT2D eigenvalue weighted by atomic mass is 10.1. The molecule has 0 spiro atoms. The minimum atomic E-state index is -0.504. The van der Waals surface area contributed by atoms with Crippen LogP contribution in [0.4, 0.5) is 11.4 Å². The van der Waals surface area contributed by atoms with Crippen LogP contribution >= 0.6 is 0 Å². The first-order valence-corrected chi connectivity index (χ1v) is 7.85. The van der Waals surface area contributed by atoms with E-state index in [1.54, 1.807) is 44.2 Å². The fourth-order valence-electron chi connectivity index (χ4n) is 1.94. The minimum Gasteiger partial charge on any atom is -0.326 e. The molecule has 0 aliphatic heterocycles. The number of nitrogens with one attached hydrogen (secondary N) is 2. The molecule has 0 atom stereocenters. The van der Waals surface area contributed by atoms with Crippen LogP contribution in [-0.4, -0.2) is 23.0 Å². The quantitative estimate of drug-likeness (QED) is 0.471. The summed E-state index contributed by atoms with van der Waals surface area (Å²) in [6, 6.07) is 12.3. The van der Waals surface area contributed by atoms with Crippen LogP contribution in [0.3, 0.4) is 0 Å². The zero-order valence-electron chi connectivity index (χ0n) is 14.3. The van der Waals surface area contributed by atoms with Gasteiger partial charge in [-0.25, -0.2) is 5.43 Å². The number of hydrogen-bond acceptors (Lipinski definition) is 5. The Hall–Kier alpha value is -3.55. The molecule has 0 saturated heterocycles. The van der Waals surface area contributed by atoms with Crippen molar-refractivity contribution in [3.63, 3.8) is 0 Å². The summed E-state index contributed by atoms with van der Waals surface area (Å²) in [5.74, 6) is -0.682. The van der Waals surface area contributed by atoms with Crippen molar-refractivity contribution < 1.29 is 14.5 Å². The number of nitro benzene ring substituents is 1. The molecule has 0 fully saturated rings. The molecule has 0 heterocycles. The van der Waals surface area contributed by atoms with Crippen molar-refractivity contribution >= 4 is 29.4 Å². The molecule has 0 aliphatic carbocycles. The second kappa shape index (κ2) is 8.52. The number of hydrazone groups is 1. The summed E-state index contributed by atoms with van der Waals surface area (Å²) in [7, 11) is 0. The molecular weight excluding hydrogens is 336 g/mol. The molecule has 0 aliphatic rings. The lowest BCUT2D eigenvalue weighted by Crippen LogP contribution is -2.19. The number of amides is 2. The average molecular weight is 354 g/mol. The number of non-ortho nitro benzene ring substituents is 1. The number of carbonyl (C=O) groups is 2. The lowest BCUT2D eigenvalue weighted by molar-refractivity contribution is -0.384. The van der Waals surface area contributed by atoms with Crippen molar-refractivity contribution in [2.75, 3.05) is 5.32 Å². The number of rotatable bonds is 6. The van der Waals surface area contributed by atoms with Crippen LogP contribution in [-0.2, 0) is 4.79 Å². The summed E-state index contributed by atoms with van der Waals surface area (Å²) >= 11 is 0. The molecular formula is C18H18N4O4. The minimum absolute atomic E-state index is 0.0562. The number of nitro groups is 1. The highest BCUT2D eigenvalue weighted by molar-refractivity contribution is 5.96. The molecule has 2 N–H and O–H groups in total. The highest BCUT2D eigenvalue weighted by Crippen LogP contribution is 2.12. The van der Waals surface area contributed by atoms with E-state index < -0.39 is 10.8 Å². The summed E-state index contributed by atoms with van der Waals surface area (Å²) in [5, 5.41) is 17.2. The van der Waals surface area contributed by atoms with E-state index in [1.807, 2.05) is 0 Å². The normalized spacial score (nSPS) is 10.7. The summed E-state index contributed by atoms with van der Waals surface area (Å²) in [6.07, 6.45) is 1.32. The third-order valence-electron chi connectivity index (χ3n) is 3.40. The van der Waals surface area contributed by atoms with Crippen molar-refractivity contribution in [1.82, 2.24) is 5.43 Å². The summed E-state index contributed by atoms with van der Waals surface area (Å²) < 4.78 is 0. The Morgan fingerprint density at radius 1 is 1.15 bits per heavy atom. The van der Waals surface area contributed by atoms with Crippen LogP contribution in [0.15, 0.2) is 53.6 Å². The van der Waals surface area contributed by atoms with E-state index in [9.17, 15) is 19.7 Å². The number of anilines is 1. The monoisotopic (exact) mass is 354 g/mol. The molecule has 8 heteroatoms. The van der Waals surface area contributed by atoms with Gasteiger partial charge in [0.1, 0.15) is 0 Å². The van der Waals surface area contributed by atoms with E-state index in [4.69, 9.17) is 0 Å². The topological polar surface area (TPSA) is 114 Å². The van der Waals surface area contributed by atoms with Gasteiger partial charge < -0.3 is 5.32 Å². The Bertz CT molecular complexity index is 845. The van der Waals surface area contributed by atoms with Gasteiger partial charge in [0, 0.05) is 34.9 Å². The van der Waals surface area contributed by atoms with Gasteiger partial charge in [0.2, 0.25) is 5.91 Å². The molecule has 0 bridgehead atoms. The summed E-state index contributed by atoms with van der Waals surface area (Å²) in [4.78, 5) is 33.9. The molecule has 0 aromatic heterocycles. The van der Waals surface area contributed by atoms with E-state index in [0.717, 1.165) is 0 Å². The second-order valence-electron chi connectivity index (χ2n) is 5.77. The second-order valence-corrected chi connectivity index (χ2v) is 5.77. The molecule has 0 unspecified atom stereocenters. The zero-order chi connectivity index (χ0) is 19.1. The maximum absolute atomic E-state index is 12.0. The Morgan fingerprint density at radius 3 is 2.46 bits per heavy atom. The van der Waals surface area contributed by atoms with E-state index in [0.29, 0.717) is 16.8 Å². The van der Waals surface area contributed by atoms with Crippen molar-refractivity contribution in [2.45, 2.75) is 13.8 Å². The van der Waals surface area contributed by atoms with Gasteiger partial charge in [-0.15, -0.1) is 0 Å². The van der Waals surface area contributed by atoms with Crippen molar-refractivity contribution in [2.24, 2.45) is 11.0 Å². The highest BCUT2D eigenvalue weighted by Gasteiger charge is 2.09. The molecule has 2 rings (SSSR count).